The molecule has 0 radical (unpaired) electrons. The van der Waals surface area contributed by atoms with Gasteiger partial charge in [-0.15, -0.1) is 0 Å². The number of rotatable bonds is 10. The van der Waals surface area contributed by atoms with Crippen LogP contribution in [0.1, 0.15) is 35.2 Å². The quantitative estimate of drug-likeness (QED) is 0.468. The van der Waals surface area contributed by atoms with E-state index in [2.05, 4.69) is 21.0 Å². The van der Waals surface area contributed by atoms with Crippen LogP contribution in [0, 0.1) is 0 Å². The number of anilines is 1. The minimum Gasteiger partial charge on any atom is -0.494 e. The van der Waals surface area contributed by atoms with E-state index < -0.39 is 10.0 Å². The van der Waals surface area contributed by atoms with Crippen LogP contribution in [-0.2, 0) is 16.6 Å². The summed E-state index contributed by atoms with van der Waals surface area (Å²) in [6.45, 7) is 3.55. The largest absolute Gasteiger partial charge is 0.494 e. The van der Waals surface area contributed by atoms with E-state index >= 15 is 0 Å². The van der Waals surface area contributed by atoms with Crippen LogP contribution in [-0.4, -0.2) is 62.9 Å². The van der Waals surface area contributed by atoms with Crippen molar-refractivity contribution in [2.75, 3.05) is 37.2 Å². The second kappa shape index (κ2) is 11.3. The van der Waals surface area contributed by atoms with Gasteiger partial charge in [-0.3, -0.25) is 14.4 Å². The van der Waals surface area contributed by atoms with Crippen molar-refractivity contribution in [3.63, 3.8) is 0 Å². The van der Waals surface area contributed by atoms with Gasteiger partial charge in [-0.2, -0.15) is 0 Å². The zero-order valence-corrected chi connectivity index (χ0v) is 19.1. The molecule has 1 saturated heterocycles. The van der Waals surface area contributed by atoms with Gasteiger partial charge in [0, 0.05) is 37.4 Å². The molecule has 1 aliphatic heterocycles. The summed E-state index contributed by atoms with van der Waals surface area (Å²) in [6.07, 6.45) is 3.17. The summed E-state index contributed by atoms with van der Waals surface area (Å²) in [7, 11) is -3.40. The fraction of sp³-hybridized carbons (Fsp3) is 0.435. The van der Waals surface area contributed by atoms with Crippen LogP contribution in [0.15, 0.2) is 48.5 Å². The second-order valence-electron chi connectivity index (χ2n) is 8.07. The Bertz CT molecular complexity index is 1000. The van der Waals surface area contributed by atoms with Crippen molar-refractivity contribution in [3.8, 4) is 5.75 Å². The number of aliphatic hydroxyl groups excluding tert-OH is 1. The smallest absolute Gasteiger partial charge is 0.251 e. The summed E-state index contributed by atoms with van der Waals surface area (Å²) >= 11 is 0. The highest BCUT2D eigenvalue weighted by Crippen LogP contribution is 2.18. The maximum absolute atomic E-state index is 12.3. The lowest BCUT2D eigenvalue weighted by Gasteiger charge is -2.29. The van der Waals surface area contributed by atoms with Crippen LogP contribution < -0.4 is 14.8 Å². The third kappa shape index (κ3) is 8.14. The summed E-state index contributed by atoms with van der Waals surface area (Å²) < 4.78 is 30.9. The Morgan fingerprint density at radius 3 is 2.66 bits per heavy atom. The van der Waals surface area contributed by atoms with Crippen molar-refractivity contribution < 1.29 is 23.1 Å². The SMILES string of the molecule is CS(=O)(=O)Nc1cccc(C(=O)NCCCOc2cccc(CN3CCC(O)CC3)c2)c1. The number of amides is 1. The lowest BCUT2D eigenvalue weighted by atomic mass is 10.1. The number of aliphatic hydroxyl groups is 1. The number of hydrogen-bond donors (Lipinski definition) is 3. The summed E-state index contributed by atoms with van der Waals surface area (Å²) in [5.41, 5.74) is 1.91. The number of nitrogens with zero attached hydrogens (tertiary/aromatic N) is 1. The molecular formula is C23H31N3O5S. The first-order valence-corrected chi connectivity index (χ1v) is 12.7. The number of carbonyl (C=O) groups excluding carboxylic acids is 1. The van der Waals surface area contributed by atoms with Gasteiger partial charge >= 0.3 is 0 Å². The summed E-state index contributed by atoms with van der Waals surface area (Å²) in [5, 5.41) is 12.5. The van der Waals surface area contributed by atoms with E-state index in [4.69, 9.17) is 4.74 Å². The average Bonchev–Trinajstić information content (AvgIpc) is 2.74. The van der Waals surface area contributed by atoms with Gasteiger partial charge in [0.25, 0.3) is 5.91 Å². The molecule has 1 fully saturated rings. The molecule has 174 valence electrons. The molecule has 0 atom stereocenters. The summed E-state index contributed by atoms with van der Waals surface area (Å²) in [4.78, 5) is 14.6. The lowest BCUT2D eigenvalue weighted by Crippen LogP contribution is -2.35. The Kier molecular flexibility index (Phi) is 8.49. The minimum atomic E-state index is -3.40. The highest BCUT2D eigenvalue weighted by Gasteiger charge is 2.17. The molecule has 0 saturated carbocycles. The van der Waals surface area contributed by atoms with Crippen molar-refractivity contribution in [2.24, 2.45) is 0 Å². The van der Waals surface area contributed by atoms with Crippen LogP contribution in [0.2, 0.25) is 0 Å². The molecular weight excluding hydrogens is 430 g/mol. The number of benzene rings is 2. The van der Waals surface area contributed by atoms with Gasteiger partial charge in [-0.1, -0.05) is 18.2 Å². The Labute approximate surface area is 189 Å². The van der Waals surface area contributed by atoms with Crippen molar-refractivity contribution in [1.29, 1.82) is 0 Å². The first-order chi connectivity index (χ1) is 15.3. The topological polar surface area (TPSA) is 108 Å². The summed E-state index contributed by atoms with van der Waals surface area (Å²) in [6, 6.07) is 14.4. The molecule has 1 heterocycles. The van der Waals surface area contributed by atoms with Crippen LogP contribution >= 0.6 is 0 Å². The number of hydrogen-bond acceptors (Lipinski definition) is 6. The van der Waals surface area contributed by atoms with E-state index in [1.54, 1.807) is 18.2 Å². The zero-order valence-electron chi connectivity index (χ0n) is 18.3. The molecule has 0 aromatic heterocycles. The monoisotopic (exact) mass is 461 g/mol. The number of piperidine rings is 1. The van der Waals surface area contributed by atoms with E-state index in [-0.39, 0.29) is 12.0 Å². The van der Waals surface area contributed by atoms with Crippen LogP contribution in [0.5, 0.6) is 5.75 Å². The van der Waals surface area contributed by atoms with Crippen molar-refractivity contribution in [3.05, 3.63) is 59.7 Å². The van der Waals surface area contributed by atoms with Gasteiger partial charge < -0.3 is 15.2 Å². The van der Waals surface area contributed by atoms with Crippen LogP contribution in [0.4, 0.5) is 5.69 Å². The second-order valence-corrected chi connectivity index (χ2v) is 9.82. The maximum atomic E-state index is 12.3. The number of ether oxygens (including phenoxy) is 1. The molecule has 0 spiro atoms. The molecule has 0 aliphatic carbocycles. The van der Waals surface area contributed by atoms with Gasteiger partial charge in [0.05, 0.1) is 19.0 Å². The van der Waals surface area contributed by atoms with Gasteiger partial charge in [-0.05, 0) is 55.2 Å². The highest BCUT2D eigenvalue weighted by atomic mass is 32.2. The Morgan fingerprint density at radius 2 is 1.91 bits per heavy atom. The van der Waals surface area contributed by atoms with Gasteiger partial charge in [0.15, 0.2) is 0 Å². The van der Waals surface area contributed by atoms with E-state index in [1.807, 2.05) is 18.2 Å². The first-order valence-electron chi connectivity index (χ1n) is 10.8. The average molecular weight is 462 g/mol. The summed E-state index contributed by atoms with van der Waals surface area (Å²) in [5.74, 6) is 0.529. The Balaban J connectivity index is 1.39. The number of nitrogens with one attached hydrogen (secondary N) is 2. The molecule has 1 amide bonds. The van der Waals surface area contributed by atoms with Crippen molar-refractivity contribution in [1.82, 2.24) is 10.2 Å². The highest BCUT2D eigenvalue weighted by molar-refractivity contribution is 7.92. The molecule has 1 aliphatic rings. The lowest BCUT2D eigenvalue weighted by molar-refractivity contribution is 0.0792. The maximum Gasteiger partial charge on any atom is 0.251 e. The van der Waals surface area contributed by atoms with Crippen LogP contribution in [0.25, 0.3) is 0 Å². The Hall–Kier alpha value is -2.62. The Morgan fingerprint density at radius 1 is 1.16 bits per heavy atom. The normalized spacial score (nSPS) is 15.3. The van der Waals surface area contributed by atoms with Gasteiger partial charge in [0.1, 0.15) is 5.75 Å². The third-order valence-electron chi connectivity index (χ3n) is 5.17. The molecule has 9 heteroatoms. The van der Waals surface area contributed by atoms with E-state index in [1.165, 1.54) is 11.6 Å². The predicted octanol–water partition coefficient (Wildman–Crippen LogP) is 2.21. The number of carbonyl (C=O) groups is 1. The molecule has 32 heavy (non-hydrogen) atoms. The fourth-order valence-electron chi connectivity index (χ4n) is 3.57. The predicted molar refractivity (Wildman–Crippen MR) is 124 cm³/mol. The molecule has 2 aromatic rings. The molecule has 0 bridgehead atoms. The fourth-order valence-corrected chi connectivity index (χ4v) is 4.13. The minimum absolute atomic E-state index is 0.172. The van der Waals surface area contributed by atoms with Crippen LogP contribution in [0.3, 0.4) is 0 Å². The third-order valence-corrected chi connectivity index (χ3v) is 5.77. The number of sulfonamides is 1. The molecule has 2 aromatic carbocycles. The molecule has 0 unspecified atom stereocenters. The molecule has 3 rings (SSSR count). The molecule has 8 nitrogen and oxygen atoms in total. The van der Waals surface area contributed by atoms with Crippen molar-refractivity contribution in [2.45, 2.75) is 31.9 Å². The number of likely N-dealkylation sites (tertiary alicyclic amines) is 1. The zero-order chi connectivity index (χ0) is 23.0. The van der Waals surface area contributed by atoms with Gasteiger partial charge in [0.2, 0.25) is 10.0 Å². The van der Waals surface area contributed by atoms with E-state index in [9.17, 15) is 18.3 Å². The van der Waals surface area contributed by atoms with E-state index in [0.29, 0.717) is 30.8 Å². The van der Waals surface area contributed by atoms with E-state index in [0.717, 1.165) is 44.5 Å². The van der Waals surface area contributed by atoms with Crippen molar-refractivity contribution >= 4 is 21.6 Å². The molecule has 3 N–H and O–H groups in total. The van der Waals surface area contributed by atoms with Gasteiger partial charge in [-0.25, -0.2) is 8.42 Å². The standard InChI is InChI=1S/C23H31N3O5S/c1-32(29,30)25-20-7-3-6-19(16-20)23(28)24-11-4-14-31-22-8-2-5-18(15-22)17-26-12-9-21(27)10-13-26/h2-3,5-8,15-16,21,25,27H,4,9-14,17H2,1H3,(H,24,28). The first kappa shape index (κ1) is 24.0.